The van der Waals surface area contributed by atoms with E-state index in [1.807, 2.05) is 0 Å². The number of halogens is 2. The zero-order chi connectivity index (χ0) is 19.1. The monoisotopic (exact) mass is 383 g/mol. The largest absolute Gasteiger partial charge is 0.481 e. The van der Waals surface area contributed by atoms with Crippen LogP contribution >= 0.6 is 11.6 Å². The fourth-order valence-electron chi connectivity index (χ4n) is 3.53. The molecule has 0 fully saturated rings. The molecule has 0 spiro atoms. The molecule has 1 N–H and O–H groups in total. The number of aliphatic carboxylic acids is 1. The van der Waals surface area contributed by atoms with Gasteiger partial charge in [0.25, 0.3) is 0 Å². The minimum Gasteiger partial charge on any atom is -0.481 e. The molecule has 0 radical (unpaired) electrons. The zero-order valence-electron chi connectivity index (χ0n) is 14.2. The maximum absolute atomic E-state index is 13.3. The Bertz CT molecular complexity index is 1060. The van der Waals surface area contributed by atoms with Gasteiger partial charge in [-0.3, -0.25) is 9.59 Å². The summed E-state index contributed by atoms with van der Waals surface area (Å²) in [5.74, 6) is -2.06. The average Bonchev–Trinajstić information content (AvgIpc) is 3.25. The van der Waals surface area contributed by atoms with Crippen LogP contribution in [0.15, 0.2) is 54.6 Å². The standard InChI is InChI=1S/C21H15ClFNO3/c22-16-11-14(5-6-17(16)23)12-1-3-13(4-2-12)20(25)19-8-7-18-15(21(26)27)9-10-24(18)19/h1-8,11,15H,9-10H2,(H,26,27). The van der Waals surface area contributed by atoms with Gasteiger partial charge in [0, 0.05) is 17.8 Å². The molecule has 136 valence electrons. The Hall–Kier alpha value is -2.92. The zero-order valence-corrected chi connectivity index (χ0v) is 14.9. The Morgan fingerprint density at radius 1 is 1.04 bits per heavy atom. The van der Waals surface area contributed by atoms with E-state index < -0.39 is 17.7 Å². The molecule has 1 aliphatic rings. The van der Waals surface area contributed by atoms with Crippen molar-refractivity contribution in [3.63, 3.8) is 0 Å². The number of rotatable bonds is 4. The van der Waals surface area contributed by atoms with Crippen LogP contribution < -0.4 is 0 Å². The number of carbonyl (C=O) groups excluding carboxylic acids is 1. The summed E-state index contributed by atoms with van der Waals surface area (Å²) in [5.41, 5.74) is 3.24. The molecular formula is C21H15ClFNO3. The number of nitrogens with zero attached hydrogens (tertiary/aromatic N) is 1. The molecule has 2 heterocycles. The van der Waals surface area contributed by atoms with Crippen LogP contribution in [0.3, 0.4) is 0 Å². The number of carbonyl (C=O) groups is 2. The van der Waals surface area contributed by atoms with E-state index in [0.29, 0.717) is 29.9 Å². The highest BCUT2D eigenvalue weighted by Gasteiger charge is 2.31. The highest BCUT2D eigenvalue weighted by Crippen LogP contribution is 2.32. The Balaban J connectivity index is 1.62. The molecule has 1 aromatic heterocycles. The lowest BCUT2D eigenvalue weighted by atomic mass is 10.0. The summed E-state index contributed by atoms with van der Waals surface area (Å²) in [7, 11) is 0. The van der Waals surface area contributed by atoms with Crippen LogP contribution in [0, 0.1) is 5.82 Å². The quantitative estimate of drug-likeness (QED) is 0.661. The summed E-state index contributed by atoms with van der Waals surface area (Å²) in [6.07, 6.45) is 0.496. The summed E-state index contributed by atoms with van der Waals surface area (Å²) in [6.45, 7) is 0.520. The van der Waals surface area contributed by atoms with Gasteiger partial charge in [-0.25, -0.2) is 4.39 Å². The lowest BCUT2D eigenvalue weighted by Crippen LogP contribution is -2.10. The van der Waals surface area contributed by atoms with E-state index in [4.69, 9.17) is 11.6 Å². The average molecular weight is 384 g/mol. The molecule has 1 atom stereocenters. The molecule has 0 bridgehead atoms. The maximum atomic E-state index is 13.3. The number of ketones is 1. The lowest BCUT2D eigenvalue weighted by Gasteiger charge is -2.07. The van der Waals surface area contributed by atoms with E-state index in [1.54, 1.807) is 53.1 Å². The molecule has 0 saturated heterocycles. The van der Waals surface area contributed by atoms with Crippen molar-refractivity contribution in [1.29, 1.82) is 0 Å². The normalized spacial score (nSPS) is 15.6. The molecule has 1 aliphatic heterocycles. The van der Waals surface area contributed by atoms with Crippen molar-refractivity contribution in [3.8, 4) is 11.1 Å². The van der Waals surface area contributed by atoms with Gasteiger partial charge < -0.3 is 9.67 Å². The van der Waals surface area contributed by atoms with E-state index in [-0.39, 0.29) is 10.8 Å². The van der Waals surface area contributed by atoms with E-state index in [2.05, 4.69) is 0 Å². The Morgan fingerprint density at radius 3 is 2.41 bits per heavy atom. The topological polar surface area (TPSA) is 59.3 Å². The molecule has 27 heavy (non-hydrogen) atoms. The van der Waals surface area contributed by atoms with E-state index in [0.717, 1.165) is 11.1 Å². The third kappa shape index (κ3) is 3.04. The minimum atomic E-state index is -0.867. The summed E-state index contributed by atoms with van der Waals surface area (Å²) in [6, 6.07) is 14.9. The van der Waals surface area contributed by atoms with Crippen molar-refractivity contribution < 1.29 is 19.1 Å². The van der Waals surface area contributed by atoms with Crippen molar-refractivity contribution in [2.45, 2.75) is 18.9 Å². The summed E-state index contributed by atoms with van der Waals surface area (Å²) < 4.78 is 15.1. The second kappa shape index (κ2) is 6.67. The van der Waals surface area contributed by atoms with Crippen molar-refractivity contribution >= 4 is 23.4 Å². The first kappa shape index (κ1) is 17.5. The molecule has 6 heteroatoms. The molecule has 0 aliphatic carbocycles. The Labute approximate surface area is 159 Å². The van der Waals surface area contributed by atoms with Gasteiger partial charge in [-0.15, -0.1) is 0 Å². The highest BCUT2D eigenvalue weighted by molar-refractivity contribution is 6.31. The summed E-state index contributed by atoms with van der Waals surface area (Å²) in [5, 5.41) is 9.31. The first-order valence-electron chi connectivity index (χ1n) is 8.48. The van der Waals surface area contributed by atoms with Gasteiger partial charge in [0.2, 0.25) is 5.78 Å². The van der Waals surface area contributed by atoms with Crippen LogP contribution in [0.2, 0.25) is 5.02 Å². The Kier molecular flexibility index (Phi) is 4.32. The van der Waals surface area contributed by atoms with Crippen LogP contribution in [0.5, 0.6) is 0 Å². The number of benzene rings is 2. The van der Waals surface area contributed by atoms with Gasteiger partial charge in [-0.05, 0) is 41.8 Å². The van der Waals surface area contributed by atoms with Crippen LogP contribution in [-0.2, 0) is 11.3 Å². The van der Waals surface area contributed by atoms with Gasteiger partial charge in [0.05, 0.1) is 16.6 Å². The molecule has 0 saturated carbocycles. The van der Waals surface area contributed by atoms with Crippen molar-refractivity contribution in [2.24, 2.45) is 0 Å². The van der Waals surface area contributed by atoms with E-state index in [1.165, 1.54) is 6.07 Å². The van der Waals surface area contributed by atoms with Crippen LogP contribution in [0.1, 0.15) is 34.1 Å². The van der Waals surface area contributed by atoms with Gasteiger partial charge >= 0.3 is 5.97 Å². The second-order valence-electron chi connectivity index (χ2n) is 6.51. The van der Waals surface area contributed by atoms with Crippen molar-refractivity contribution in [1.82, 2.24) is 4.57 Å². The Morgan fingerprint density at radius 2 is 1.74 bits per heavy atom. The van der Waals surface area contributed by atoms with E-state index in [9.17, 15) is 19.1 Å². The van der Waals surface area contributed by atoms with Crippen LogP contribution in [-0.4, -0.2) is 21.4 Å². The number of aromatic nitrogens is 1. The first-order chi connectivity index (χ1) is 13.0. The molecule has 0 amide bonds. The molecule has 2 aromatic carbocycles. The highest BCUT2D eigenvalue weighted by atomic mass is 35.5. The molecule has 4 nitrogen and oxygen atoms in total. The lowest BCUT2D eigenvalue weighted by molar-refractivity contribution is -0.138. The SMILES string of the molecule is O=C(c1ccc(-c2ccc(F)c(Cl)c2)cc1)c1ccc2n1CCC2C(=O)O. The predicted octanol–water partition coefficient (Wildman–Crippen LogP) is 4.75. The number of hydrogen-bond donors (Lipinski definition) is 1. The second-order valence-corrected chi connectivity index (χ2v) is 6.92. The smallest absolute Gasteiger partial charge is 0.312 e. The van der Waals surface area contributed by atoms with Gasteiger partial charge in [0.15, 0.2) is 0 Å². The fourth-order valence-corrected chi connectivity index (χ4v) is 3.71. The van der Waals surface area contributed by atoms with Crippen LogP contribution in [0.4, 0.5) is 4.39 Å². The fraction of sp³-hybridized carbons (Fsp3) is 0.143. The summed E-state index contributed by atoms with van der Waals surface area (Å²) in [4.78, 5) is 24.2. The maximum Gasteiger partial charge on any atom is 0.312 e. The number of hydrogen-bond acceptors (Lipinski definition) is 2. The number of carboxylic acids is 1. The molecule has 4 rings (SSSR count). The van der Waals surface area contributed by atoms with Gasteiger partial charge in [-0.1, -0.05) is 41.9 Å². The predicted molar refractivity (Wildman–Crippen MR) is 99.7 cm³/mol. The van der Waals surface area contributed by atoms with Crippen molar-refractivity contribution in [3.05, 3.63) is 82.4 Å². The third-order valence-electron chi connectivity index (χ3n) is 4.94. The molecular weight excluding hydrogens is 369 g/mol. The first-order valence-corrected chi connectivity index (χ1v) is 8.86. The van der Waals surface area contributed by atoms with Crippen molar-refractivity contribution in [2.75, 3.05) is 0 Å². The minimum absolute atomic E-state index is 0.0457. The van der Waals surface area contributed by atoms with Gasteiger partial charge in [-0.2, -0.15) is 0 Å². The van der Waals surface area contributed by atoms with E-state index >= 15 is 0 Å². The number of fused-ring (bicyclic) bond motifs is 1. The van der Waals surface area contributed by atoms with Crippen LogP contribution in [0.25, 0.3) is 11.1 Å². The summed E-state index contributed by atoms with van der Waals surface area (Å²) >= 11 is 5.83. The van der Waals surface area contributed by atoms with Gasteiger partial charge in [0.1, 0.15) is 5.82 Å². The third-order valence-corrected chi connectivity index (χ3v) is 5.23. The number of carboxylic acid groups (broad SMARTS) is 1. The molecule has 3 aromatic rings. The molecule has 1 unspecified atom stereocenters.